The van der Waals surface area contributed by atoms with Gasteiger partial charge < -0.3 is 5.32 Å². The minimum Gasteiger partial charge on any atom is -0.337 e. The summed E-state index contributed by atoms with van der Waals surface area (Å²) in [5, 5.41) is 9.41. The summed E-state index contributed by atoms with van der Waals surface area (Å²) in [6.45, 7) is 5.34. The Morgan fingerprint density at radius 2 is 2.10 bits per heavy atom. The zero-order valence-corrected chi connectivity index (χ0v) is 13.4. The van der Waals surface area contributed by atoms with Gasteiger partial charge in [0.25, 0.3) is 0 Å². The van der Waals surface area contributed by atoms with Crippen LogP contribution in [0.4, 0.5) is 10.6 Å². The third kappa shape index (κ3) is 7.66. The average molecular weight is 317 g/mol. The lowest BCUT2D eigenvalue weighted by Crippen LogP contribution is -2.36. The first-order valence-electron chi connectivity index (χ1n) is 6.79. The summed E-state index contributed by atoms with van der Waals surface area (Å²) < 4.78 is 25.7. The third-order valence-corrected chi connectivity index (χ3v) is 3.38. The second-order valence-electron chi connectivity index (χ2n) is 5.17. The van der Waals surface area contributed by atoms with E-state index in [0.717, 1.165) is 19.2 Å². The number of hydrogen-bond donors (Lipinski definition) is 3. The molecule has 1 aromatic heterocycles. The highest BCUT2D eigenvalue weighted by Gasteiger charge is 2.07. The van der Waals surface area contributed by atoms with Gasteiger partial charge in [-0.3, -0.25) is 5.32 Å². The van der Waals surface area contributed by atoms with Gasteiger partial charge in [0.15, 0.2) is 0 Å². The van der Waals surface area contributed by atoms with Crippen molar-refractivity contribution < 1.29 is 13.2 Å². The number of hydrogen-bond acceptors (Lipinski definition) is 4. The van der Waals surface area contributed by atoms with Crippen LogP contribution in [-0.2, 0) is 16.6 Å². The van der Waals surface area contributed by atoms with E-state index in [1.165, 1.54) is 0 Å². The molecule has 0 radical (unpaired) electrons. The molecule has 0 aliphatic rings. The quantitative estimate of drug-likeness (QED) is 0.611. The highest BCUT2D eigenvalue weighted by Crippen LogP contribution is 2.09. The van der Waals surface area contributed by atoms with Crippen LogP contribution >= 0.6 is 0 Å². The summed E-state index contributed by atoms with van der Waals surface area (Å²) in [5.41, 5.74) is 0. The molecular weight excluding hydrogens is 294 g/mol. The molecule has 0 aliphatic heterocycles. The third-order valence-electron chi connectivity index (χ3n) is 2.65. The normalized spacial score (nSPS) is 11.6. The first-order valence-corrected chi connectivity index (χ1v) is 8.68. The van der Waals surface area contributed by atoms with Crippen molar-refractivity contribution in [3.05, 3.63) is 12.3 Å². The van der Waals surface area contributed by atoms with Gasteiger partial charge in [0, 0.05) is 25.7 Å². The number of nitrogens with one attached hydrogen (secondary N) is 3. The number of amides is 2. The molecule has 1 heterocycles. The molecule has 8 nitrogen and oxygen atoms in total. The zero-order valence-electron chi connectivity index (χ0n) is 12.6. The summed E-state index contributed by atoms with van der Waals surface area (Å²) >= 11 is 0. The molecule has 2 amide bonds. The molecule has 0 spiro atoms. The summed E-state index contributed by atoms with van der Waals surface area (Å²) in [6.07, 6.45) is 3.66. The largest absolute Gasteiger partial charge is 0.337 e. The van der Waals surface area contributed by atoms with E-state index in [1.54, 1.807) is 16.9 Å². The Labute approximate surface area is 125 Å². The van der Waals surface area contributed by atoms with Crippen molar-refractivity contribution in [2.75, 3.05) is 24.7 Å². The van der Waals surface area contributed by atoms with Gasteiger partial charge in [-0.05, 0) is 12.3 Å². The first kappa shape index (κ1) is 17.4. The lowest BCUT2D eigenvalue weighted by atomic mass is 10.1. The fraction of sp³-hybridized carbons (Fsp3) is 0.667. The van der Waals surface area contributed by atoms with Crippen molar-refractivity contribution in [3.8, 4) is 0 Å². The summed E-state index contributed by atoms with van der Waals surface area (Å²) in [6, 6.07) is 1.32. The Bertz CT molecular complexity index is 553. The molecule has 0 saturated carbocycles. The molecule has 1 aromatic rings. The average Bonchev–Trinajstić information content (AvgIpc) is 2.78. The Kier molecular flexibility index (Phi) is 6.63. The van der Waals surface area contributed by atoms with Gasteiger partial charge in [-0.15, -0.1) is 0 Å². The Morgan fingerprint density at radius 1 is 1.38 bits per heavy atom. The number of carbonyl (C=O) groups is 1. The Morgan fingerprint density at radius 3 is 2.71 bits per heavy atom. The van der Waals surface area contributed by atoms with Crippen LogP contribution in [0.1, 0.15) is 20.3 Å². The van der Waals surface area contributed by atoms with Crippen molar-refractivity contribution >= 4 is 21.9 Å². The molecule has 1 rings (SSSR count). The standard InChI is InChI=1S/C12H23N5O3S/c1-10(2)5-9-17-11(4-6-14-17)16-12(18)13-7-8-15-21(3,19)20/h4,6,10,15H,5,7-9H2,1-3H3,(H2,13,16,18). The predicted octanol–water partition coefficient (Wildman–Crippen LogP) is 0.600. The SMILES string of the molecule is CC(C)CCn1nccc1NC(=O)NCCNS(C)(=O)=O. The van der Waals surface area contributed by atoms with E-state index in [1.807, 2.05) is 0 Å². The van der Waals surface area contributed by atoms with Crippen molar-refractivity contribution in [1.29, 1.82) is 0 Å². The number of urea groups is 1. The molecule has 21 heavy (non-hydrogen) atoms. The maximum Gasteiger partial charge on any atom is 0.320 e. The minimum absolute atomic E-state index is 0.152. The van der Waals surface area contributed by atoms with E-state index < -0.39 is 16.1 Å². The van der Waals surface area contributed by atoms with Crippen molar-refractivity contribution in [3.63, 3.8) is 0 Å². The van der Waals surface area contributed by atoms with E-state index in [4.69, 9.17) is 0 Å². The van der Waals surface area contributed by atoms with Crippen LogP contribution in [0.15, 0.2) is 12.3 Å². The predicted molar refractivity (Wildman–Crippen MR) is 81.5 cm³/mol. The Hall–Kier alpha value is -1.61. The van der Waals surface area contributed by atoms with Gasteiger partial charge >= 0.3 is 6.03 Å². The molecule has 3 N–H and O–H groups in total. The lowest BCUT2D eigenvalue weighted by Gasteiger charge is -2.11. The van der Waals surface area contributed by atoms with Crippen molar-refractivity contribution in [2.45, 2.75) is 26.8 Å². The second-order valence-corrected chi connectivity index (χ2v) is 7.00. The number of nitrogens with zero attached hydrogens (tertiary/aromatic N) is 2. The van der Waals surface area contributed by atoms with Crippen LogP contribution < -0.4 is 15.4 Å². The summed E-state index contributed by atoms with van der Waals surface area (Å²) in [4.78, 5) is 11.7. The van der Waals surface area contributed by atoms with Crippen molar-refractivity contribution in [2.24, 2.45) is 5.92 Å². The van der Waals surface area contributed by atoms with E-state index in [2.05, 4.69) is 34.3 Å². The fourth-order valence-electron chi connectivity index (χ4n) is 1.57. The minimum atomic E-state index is -3.23. The van der Waals surface area contributed by atoms with E-state index in [0.29, 0.717) is 11.7 Å². The van der Waals surface area contributed by atoms with Crippen LogP contribution in [-0.4, -0.2) is 43.6 Å². The van der Waals surface area contributed by atoms with Gasteiger partial charge in [-0.25, -0.2) is 22.6 Å². The molecule has 0 atom stereocenters. The van der Waals surface area contributed by atoms with Gasteiger partial charge in [0.05, 0.1) is 12.5 Å². The number of carbonyl (C=O) groups excluding carboxylic acids is 1. The lowest BCUT2D eigenvalue weighted by molar-refractivity contribution is 0.252. The number of anilines is 1. The van der Waals surface area contributed by atoms with Crippen LogP contribution in [0.25, 0.3) is 0 Å². The van der Waals surface area contributed by atoms with Crippen LogP contribution in [0.3, 0.4) is 0 Å². The molecule has 120 valence electrons. The summed E-state index contributed by atoms with van der Waals surface area (Å²) in [5.74, 6) is 1.17. The van der Waals surface area contributed by atoms with E-state index in [9.17, 15) is 13.2 Å². The van der Waals surface area contributed by atoms with Crippen LogP contribution in [0.5, 0.6) is 0 Å². The monoisotopic (exact) mass is 317 g/mol. The molecule has 0 aromatic carbocycles. The number of aryl methyl sites for hydroxylation is 1. The van der Waals surface area contributed by atoms with Crippen LogP contribution in [0.2, 0.25) is 0 Å². The molecule has 9 heteroatoms. The van der Waals surface area contributed by atoms with Gasteiger partial charge in [0.1, 0.15) is 5.82 Å². The summed E-state index contributed by atoms with van der Waals surface area (Å²) in [7, 11) is -3.23. The molecule has 0 unspecified atom stereocenters. The maximum absolute atomic E-state index is 11.7. The molecule has 0 bridgehead atoms. The van der Waals surface area contributed by atoms with Gasteiger partial charge in [-0.2, -0.15) is 5.10 Å². The topological polar surface area (TPSA) is 105 Å². The van der Waals surface area contributed by atoms with Gasteiger partial charge in [-0.1, -0.05) is 13.8 Å². The number of rotatable bonds is 8. The Balaban J connectivity index is 2.36. The smallest absolute Gasteiger partial charge is 0.320 e. The van der Waals surface area contributed by atoms with Crippen LogP contribution in [0, 0.1) is 5.92 Å². The molecule has 0 fully saturated rings. The zero-order chi connectivity index (χ0) is 15.9. The second kappa shape index (κ2) is 7.99. The number of aromatic nitrogens is 2. The highest BCUT2D eigenvalue weighted by atomic mass is 32.2. The maximum atomic E-state index is 11.7. The molecular formula is C12H23N5O3S. The first-order chi connectivity index (χ1) is 9.78. The van der Waals surface area contributed by atoms with Gasteiger partial charge in [0.2, 0.25) is 10.0 Å². The van der Waals surface area contributed by atoms with Crippen molar-refractivity contribution in [1.82, 2.24) is 19.8 Å². The van der Waals surface area contributed by atoms with E-state index in [-0.39, 0.29) is 13.1 Å². The fourth-order valence-corrected chi connectivity index (χ4v) is 2.04. The number of sulfonamides is 1. The molecule has 0 saturated heterocycles. The molecule has 0 aliphatic carbocycles. The van der Waals surface area contributed by atoms with E-state index >= 15 is 0 Å². The highest BCUT2D eigenvalue weighted by molar-refractivity contribution is 7.88.